The molecule has 1 heterocycles. The van der Waals surface area contributed by atoms with Gasteiger partial charge in [-0.3, -0.25) is 9.78 Å². The van der Waals surface area contributed by atoms with Crippen molar-refractivity contribution in [1.29, 1.82) is 0 Å². The normalized spacial score (nSPS) is 10.4. The van der Waals surface area contributed by atoms with Gasteiger partial charge in [-0.1, -0.05) is 29.8 Å². The molecule has 3 aromatic rings. The van der Waals surface area contributed by atoms with Crippen LogP contribution in [0.5, 0.6) is 5.75 Å². The zero-order chi connectivity index (χ0) is 20.1. The first-order chi connectivity index (χ1) is 13.5. The Morgan fingerprint density at radius 2 is 1.68 bits per heavy atom. The van der Waals surface area contributed by atoms with Crippen LogP contribution in [0.15, 0.2) is 54.7 Å². The Kier molecular flexibility index (Phi) is 5.94. The second kappa shape index (κ2) is 8.57. The summed E-state index contributed by atoms with van der Waals surface area (Å²) in [5.74, 6) is 0.608. The van der Waals surface area contributed by atoms with E-state index in [-0.39, 0.29) is 5.91 Å². The maximum Gasteiger partial charge on any atom is 0.274 e. The van der Waals surface area contributed by atoms with E-state index in [2.05, 4.69) is 27.8 Å². The number of ether oxygens (including phenoxy) is 1. The minimum Gasteiger partial charge on any atom is -0.497 e. The van der Waals surface area contributed by atoms with E-state index in [1.54, 1.807) is 19.4 Å². The number of hydrogen-bond acceptors (Lipinski definition) is 4. The quantitative estimate of drug-likeness (QED) is 0.644. The van der Waals surface area contributed by atoms with Crippen molar-refractivity contribution < 1.29 is 9.53 Å². The van der Waals surface area contributed by atoms with Gasteiger partial charge in [0.15, 0.2) is 0 Å². The lowest BCUT2D eigenvalue weighted by Gasteiger charge is -2.13. The molecule has 0 bridgehead atoms. The highest BCUT2D eigenvalue weighted by atomic mass is 16.5. The number of carbonyl (C=O) groups is 1. The fourth-order valence-electron chi connectivity index (χ4n) is 3.17. The van der Waals surface area contributed by atoms with Crippen LogP contribution in [0.3, 0.4) is 0 Å². The molecule has 0 aliphatic heterocycles. The van der Waals surface area contributed by atoms with E-state index < -0.39 is 0 Å². The summed E-state index contributed by atoms with van der Waals surface area (Å²) < 4.78 is 5.17. The number of nitrogens with one attached hydrogen (secondary N) is 2. The lowest BCUT2D eigenvalue weighted by Crippen LogP contribution is -2.15. The molecule has 2 aromatic carbocycles. The molecule has 5 heteroatoms. The monoisotopic (exact) mass is 375 g/mol. The smallest absolute Gasteiger partial charge is 0.274 e. The SMILES string of the molecule is COc1ccc(CNc2ccnc(C(=O)Nc3c(C)cc(C)cc3C)c2)cc1. The summed E-state index contributed by atoms with van der Waals surface area (Å²) in [4.78, 5) is 16.9. The lowest BCUT2D eigenvalue weighted by molar-refractivity contribution is 0.102. The number of rotatable bonds is 6. The number of pyridine rings is 1. The molecule has 0 fully saturated rings. The van der Waals surface area contributed by atoms with Gasteiger partial charge in [-0.15, -0.1) is 0 Å². The average Bonchev–Trinajstić information content (AvgIpc) is 2.69. The van der Waals surface area contributed by atoms with Crippen LogP contribution in [0.1, 0.15) is 32.7 Å². The van der Waals surface area contributed by atoms with E-state index in [4.69, 9.17) is 4.74 Å². The summed E-state index contributed by atoms with van der Waals surface area (Å²) in [5, 5.41) is 6.32. The van der Waals surface area contributed by atoms with Crippen LogP contribution in [-0.4, -0.2) is 18.0 Å². The molecule has 144 valence electrons. The molecule has 0 aliphatic rings. The highest BCUT2D eigenvalue weighted by molar-refractivity contribution is 6.04. The van der Waals surface area contributed by atoms with Crippen molar-refractivity contribution in [1.82, 2.24) is 4.98 Å². The van der Waals surface area contributed by atoms with Gasteiger partial charge >= 0.3 is 0 Å². The molecule has 0 aliphatic carbocycles. The van der Waals surface area contributed by atoms with Crippen molar-refractivity contribution in [2.45, 2.75) is 27.3 Å². The van der Waals surface area contributed by atoms with Crippen LogP contribution in [-0.2, 0) is 6.54 Å². The molecular weight excluding hydrogens is 350 g/mol. The summed E-state index contributed by atoms with van der Waals surface area (Å²) in [7, 11) is 1.65. The highest BCUT2D eigenvalue weighted by Crippen LogP contribution is 2.23. The largest absolute Gasteiger partial charge is 0.497 e. The molecule has 1 aromatic heterocycles. The molecule has 2 N–H and O–H groups in total. The second-order valence-electron chi connectivity index (χ2n) is 6.86. The van der Waals surface area contributed by atoms with Crippen LogP contribution in [0.4, 0.5) is 11.4 Å². The number of carbonyl (C=O) groups excluding carboxylic acids is 1. The summed E-state index contributed by atoms with van der Waals surface area (Å²) in [6.07, 6.45) is 1.64. The Balaban J connectivity index is 1.69. The molecule has 28 heavy (non-hydrogen) atoms. The van der Waals surface area contributed by atoms with Crippen LogP contribution in [0, 0.1) is 20.8 Å². The summed E-state index contributed by atoms with van der Waals surface area (Å²) in [6, 6.07) is 15.6. The summed E-state index contributed by atoms with van der Waals surface area (Å²) >= 11 is 0. The Labute approximate surface area is 165 Å². The van der Waals surface area contributed by atoms with E-state index in [1.807, 2.05) is 51.1 Å². The maximum atomic E-state index is 12.7. The van der Waals surface area contributed by atoms with Crippen LogP contribution in [0.25, 0.3) is 0 Å². The van der Waals surface area contributed by atoms with E-state index in [0.717, 1.165) is 33.8 Å². The molecule has 0 unspecified atom stereocenters. The fourth-order valence-corrected chi connectivity index (χ4v) is 3.17. The fraction of sp³-hybridized carbons (Fsp3) is 0.217. The molecule has 1 amide bonds. The summed E-state index contributed by atoms with van der Waals surface area (Å²) in [6.45, 7) is 6.68. The van der Waals surface area contributed by atoms with Gasteiger partial charge in [-0.05, 0) is 61.7 Å². The predicted molar refractivity (Wildman–Crippen MR) is 113 cm³/mol. The van der Waals surface area contributed by atoms with Gasteiger partial charge < -0.3 is 15.4 Å². The van der Waals surface area contributed by atoms with Gasteiger partial charge in [-0.2, -0.15) is 0 Å². The van der Waals surface area contributed by atoms with Crippen molar-refractivity contribution in [3.05, 3.63) is 82.7 Å². The Morgan fingerprint density at radius 3 is 2.32 bits per heavy atom. The first kappa shape index (κ1) is 19.4. The number of anilines is 2. The minimum atomic E-state index is -0.219. The number of hydrogen-bond donors (Lipinski definition) is 2. The van der Waals surface area contributed by atoms with Gasteiger partial charge in [0.2, 0.25) is 0 Å². The topological polar surface area (TPSA) is 63.2 Å². The number of nitrogens with zero attached hydrogens (tertiary/aromatic N) is 1. The third kappa shape index (κ3) is 4.68. The van der Waals surface area contributed by atoms with Gasteiger partial charge in [-0.25, -0.2) is 0 Å². The lowest BCUT2D eigenvalue weighted by atomic mass is 10.0. The van der Waals surface area contributed by atoms with Crippen molar-refractivity contribution in [2.75, 3.05) is 17.7 Å². The molecule has 5 nitrogen and oxygen atoms in total. The highest BCUT2D eigenvalue weighted by Gasteiger charge is 2.12. The molecule has 0 radical (unpaired) electrons. The predicted octanol–water partition coefficient (Wildman–Crippen LogP) is 4.88. The minimum absolute atomic E-state index is 0.219. The third-order valence-corrected chi connectivity index (χ3v) is 4.56. The third-order valence-electron chi connectivity index (χ3n) is 4.56. The number of benzene rings is 2. The van der Waals surface area contributed by atoms with E-state index in [9.17, 15) is 4.79 Å². The van der Waals surface area contributed by atoms with E-state index in [0.29, 0.717) is 12.2 Å². The second-order valence-corrected chi connectivity index (χ2v) is 6.86. The number of aryl methyl sites for hydroxylation is 3. The van der Waals surface area contributed by atoms with Crippen molar-refractivity contribution >= 4 is 17.3 Å². The Hall–Kier alpha value is -3.34. The molecule has 3 rings (SSSR count). The maximum absolute atomic E-state index is 12.7. The first-order valence-corrected chi connectivity index (χ1v) is 9.18. The van der Waals surface area contributed by atoms with Crippen molar-refractivity contribution in [3.63, 3.8) is 0 Å². The molecule has 0 saturated carbocycles. The van der Waals surface area contributed by atoms with Gasteiger partial charge in [0, 0.05) is 24.1 Å². The molecular formula is C23H25N3O2. The Morgan fingerprint density at radius 1 is 1.00 bits per heavy atom. The number of aromatic nitrogens is 1. The van der Waals surface area contributed by atoms with Crippen molar-refractivity contribution in [2.24, 2.45) is 0 Å². The zero-order valence-corrected chi connectivity index (χ0v) is 16.7. The van der Waals surface area contributed by atoms with Crippen LogP contribution >= 0.6 is 0 Å². The van der Waals surface area contributed by atoms with Crippen LogP contribution < -0.4 is 15.4 Å². The van der Waals surface area contributed by atoms with E-state index >= 15 is 0 Å². The molecule has 0 spiro atoms. The summed E-state index contributed by atoms with van der Waals surface area (Å²) in [5.41, 5.74) is 6.44. The van der Waals surface area contributed by atoms with Gasteiger partial charge in [0.05, 0.1) is 7.11 Å². The molecule has 0 saturated heterocycles. The van der Waals surface area contributed by atoms with Gasteiger partial charge in [0.1, 0.15) is 11.4 Å². The standard InChI is InChI=1S/C23H25N3O2/c1-15-11-16(2)22(17(3)12-15)26-23(27)21-13-19(9-10-24-21)25-14-18-5-7-20(28-4)8-6-18/h5-13H,14H2,1-4H3,(H,24,25)(H,26,27). The number of methoxy groups -OCH3 is 1. The van der Waals surface area contributed by atoms with Gasteiger partial charge in [0.25, 0.3) is 5.91 Å². The van der Waals surface area contributed by atoms with Crippen LogP contribution in [0.2, 0.25) is 0 Å². The first-order valence-electron chi connectivity index (χ1n) is 9.18. The number of amides is 1. The Bertz CT molecular complexity index is 958. The average molecular weight is 375 g/mol. The van der Waals surface area contributed by atoms with Crippen molar-refractivity contribution in [3.8, 4) is 5.75 Å². The molecule has 0 atom stereocenters. The zero-order valence-electron chi connectivity index (χ0n) is 16.7. The van der Waals surface area contributed by atoms with E-state index in [1.165, 1.54) is 5.56 Å².